The molecule has 1 aliphatic rings. The highest BCUT2D eigenvalue weighted by atomic mass is 16.2. The molecule has 30 heavy (non-hydrogen) atoms. The van der Waals surface area contributed by atoms with Crippen molar-refractivity contribution in [2.75, 3.05) is 26.7 Å². The van der Waals surface area contributed by atoms with Gasteiger partial charge in [0.1, 0.15) is 5.82 Å². The highest BCUT2D eigenvalue weighted by molar-refractivity contribution is 5.80. The van der Waals surface area contributed by atoms with Gasteiger partial charge in [-0.05, 0) is 44.2 Å². The minimum absolute atomic E-state index is 0.173. The van der Waals surface area contributed by atoms with E-state index in [4.69, 9.17) is 0 Å². The lowest BCUT2D eigenvalue weighted by Crippen LogP contribution is -2.50. The van der Waals surface area contributed by atoms with E-state index in [0.29, 0.717) is 11.9 Å². The van der Waals surface area contributed by atoms with E-state index in [1.807, 2.05) is 33.7 Å². The largest absolute Gasteiger partial charge is 0.356 e. The number of aryl methyl sites for hydroxylation is 1. The number of nitrogens with one attached hydrogen (secondary N) is 2. The first-order valence-corrected chi connectivity index (χ1v) is 11.2. The number of guanidine groups is 1. The van der Waals surface area contributed by atoms with E-state index < -0.39 is 0 Å². The molecule has 3 heterocycles. The number of pyridine rings is 1. The molecule has 3 rings (SSSR count). The van der Waals surface area contributed by atoms with E-state index in [0.717, 1.165) is 75.6 Å². The van der Waals surface area contributed by atoms with Gasteiger partial charge in [-0.25, -0.2) is 0 Å². The smallest absolute Gasteiger partial charge is 0.225 e. The average Bonchev–Trinajstić information content (AvgIpc) is 3.20. The van der Waals surface area contributed by atoms with Crippen LogP contribution in [0.3, 0.4) is 0 Å². The normalized spacial score (nSPS) is 15.7. The fourth-order valence-corrected chi connectivity index (χ4v) is 4.04. The van der Waals surface area contributed by atoms with Crippen molar-refractivity contribution in [1.82, 2.24) is 30.1 Å². The summed E-state index contributed by atoms with van der Waals surface area (Å²) in [6.45, 7) is 6.66. The van der Waals surface area contributed by atoms with Crippen molar-refractivity contribution in [2.24, 2.45) is 10.9 Å². The Morgan fingerprint density at radius 2 is 2.00 bits per heavy atom. The van der Waals surface area contributed by atoms with E-state index in [1.165, 1.54) is 0 Å². The van der Waals surface area contributed by atoms with Gasteiger partial charge in [0.25, 0.3) is 0 Å². The van der Waals surface area contributed by atoms with Crippen molar-refractivity contribution < 1.29 is 4.79 Å². The Kier molecular flexibility index (Phi) is 8.04. The minimum atomic E-state index is 0.173. The summed E-state index contributed by atoms with van der Waals surface area (Å²) >= 11 is 0. The summed E-state index contributed by atoms with van der Waals surface area (Å²) in [4.78, 5) is 19.0. The third kappa shape index (κ3) is 5.49. The Morgan fingerprint density at radius 1 is 1.23 bits per heavy atom. The zero-order valence-corrected chi connectivity index (χ0v) is 18.5. The summed E-state index contributed by atoms with van der Waals surface area (Å²) < 4.78 is 2.03. The van der Waals surface area contributed by atoms with Gasteiger partial charge in [0.05, 0.1) is 0 Å². The molecule has 0 bridgehead atoms. The van der Waals surface area contributed by atoms with Gasteiger partial charge in [-0.3, -0.25) is 14.2 Å². The molecule has 0 atom stereocenters. The topological polar surface area (TPSA) is 86.9 Å². The summed E-state index contributed by atoms with van der Waals surface area (Å²) in [7, 11) is 1.80. The lowest BCUT2D eigenvalue weighted by Gasteiger charge is -2.34. The molecule has 2 aromatic heterocycles. The maximum absolute atomic E-state index is 12.6. The summed E-state index contributed by atoms with van der Waals surface area (Å²) in [5.74, 6) is 2.30. The Labute approximate surface area is 179 Å². The second-order valence-electron chi connectivity index (χ2n) is 7.90. The van der Waals surface area contributed by atoms with Crippen LogP contribution in [0.1, 0.15) is 51.8 Å². The number of hydrogen-bond donors (Lipinski definition) is 2. The van der Waals surface area contributed by atoms with Gasteiger partial charge in [-0.1, -0.05) is 19.9 Å². The minimum Gasteiger partial charge on any atom is -0.356 e. The third-order valence-electron chi connectivity index (χ3n) is 5.96. The molecule has 8 heteroatoms. The highest BCUT2D eigenvalue weighted by Gasteiger charge is 2.26. The fraction of sp³-hybridized carbons (Fsp3) is 0.636. The Hall–Kier alpha value is -2.64. The highest BCUT2D eigenvalue weighted by Crippen LogP contribution is 2.17. The van der Waals surface area contributed by atoms with Crippen molar-refractivity contribution in [3.63, 3.8) is 0 Å². The van der Waals surface area contributed by atoms with E-state index in [9.17, 15) is 4.79 Å². The Morgan fingerprint density at radius 3 is 2.70 bits per heavy atom. The van der Waals surface area contributed by atoms with Crippen molar-refractivity contribution in [1.29, 1.82) is 0 Å². The van der Waals surface area contributed by atoms with Gasteiger partial charge in [-0.2, -0.15) is 0 Å². The number of nitrogens with zero attached hydrogens (tertiary/aromatic N) is 5. The fourth-order valence-electron chi connectivity index (χ4n) is 4.04. The zero-order valence-electron chi connectivity index (χ0n) is 18.5. The van der Waals surface area contributed by atoms with E-state index in [1.54, 1.807) is 7.05 Å². The standard InChI is InChI=1S/C22H35N7O/c1-4-17(5-2)21(30)28-15-11-18(12-16-28)25-22(23-3)24-13-8-10-20-27-26-19-9-6-7-14-29(19)20/h6-7,9,14,17-18H,4-5,8,10-13,15-16H2,1-3H3,(H2,23,24,25). The van der Waals surface area contributed by atoms with Gasteiger partial charge >= 0.3 is 0 Å². The predicted molar refractivity (Wildman–Crippen MR) is 119 cm³/mol. The molecular weight excluding hydrogens is 378 g/mol. The second kappa shape index (κ2) is 10.9. The maximum Gasteiger partial charge on any atom is 0.225 e. The van der Waals surface area contributed by atoms with Crippen LogP contribution in [0, 0.1) is 5.92 Å². The van der Waals surface area contributed by atoms with Crippen LogP contribution in [0.5, 0.6) is 0 Å². The predicted octanol–water partition coefficient (Wildman–Crippen LogP) is 2.25. The number of amides is 1. The van der Waals surface area contributed by atoms with E-state index in [-0.39, 0.29) is 5.92 Å². The van der Waals surface area contributed by atoms with E-state index >= 15 is 0 Å². The van der Waals surface area contributed by atoms with Crippen LogP contribution < -0.4 is 10.6 Å². The number of piperidine rings is 1. The van der Waals surface area contributed by atoms with Crippen LogP contribution in [-0.2, 0) is 11.2 Å². The molecule has 0 aliphatic carbocycles. The molecule has 164 valence electrons. The third-order valence-corrected chi connectivity index (χ3v) is 5.96. The van der Waals surface area contributed by atoms with Gasteiger partial charge in [0, 0.05) is 51.3 Å². The van der Waals surface area contributed by atoms with Gasteiger partial charge in [-0.15, -0.1) is 10.2 Å². The molecule has 0 saturated carbocycles. The number of fused-ring (bicyclic) bond motifs is 1. The van der Waals surface area contributed by atoms with Crippen LogP contribution in [0.25, 0.3) is 5.65 Å². The molecule has 1 amide bonds. The number of hydrogen-bond acceptors (Lipinski definition) is 4. The number of rotatable bonds is 8. The first kappa shape index (κ1) is 22.1. The monoisotopic (exact) mass is 413 g/mol. The number of aliphatic imine (C=N–C) groups is 1. The quantitative estimate of drug-likeness (QED) is 0.394. The average molecular weight is 414 g/mol. The molecule has 2 aromatic rings. The number of aromatic nitrogens is 3. The van der Waals surface area contributed by atoms with Crippen LogP contribution in [0.15, 0.2) is 29.4 Å². The summed E-state index contributed by atoms with van der Waals surface area (Å²) in [5, 5.41) is 15.4. The number of likely N-dealkylation sites (tertiary alicyclic amines) is 1. The molecule has 0 aromatic carbocycles. The zero-order chi connectivity index (χ0) is 21.3. The summed E-state index contributed by atoms with van der Waals surface area (Å²) in [5.41, 5.74) is 0.881. The van der Waals surface area contributed by atoms with Crippen molar-refractivity contribution in [3.05, 3.63) is 30.2 Å². The molecule has 2 N–H and O–H groups in total. The molecule has 0 unspecified atom stereocenters. The Balaban J connectivity index is 1.38. The lowest BCUT2D eigenvalue weighted by molar-refractivity contribution is -0.136. The van der Waals surface area contributed by atoms with Crippen LogP contribution in [0.2, 0.25) is 0 Å². The summed E-state index contributed by atoms with van der Waals surface area (Å²) in [6, 6.07) is 6.27. The van der Waals surface area contributed by atoms with Crippen LogP contribution in [-0.4, -0.2) is 64.1 Å². The molecule has 8 nitrogen and oxygen atoms in total. The molecule has 0 spiro atoms. The summed E-state index contributed by atoms with van der Waals surface area (Å²) in [6.07, 6.45) is 7.56. The van der Waals surface area contributed by atoms with Crippen LogP contribution in [0.4, 0.5) is 0 Å². The van der Waals surface area contributed by atoms with Crippen molar-refractivity contribution in [2.45, 2.75) is 58.4 Å². The SMILES string of the molecule is CCC(CC)C(=O)N1CCC(NC(=NC)NCCCc2nnc3ccccn23)CC1. The van der Waals surface area contributed by atoms with Crippen molar-refractivity contribution in [3.8, 4) is 0 Å². The number of carbonyl (C=O) groups is 1. The molecular formula is C22H35N7O. The lowest BCUT2D eigenvalue weighted by atomic mass is 9.98. The second-order valence-corrected chi connectivity index (χ2v) is 7.90. The molecule has 1 fully saturated rings. The van der Waals surface area contributed by atoms with Gasteiger partial charge < -0.3 is 15.5 Å². The van der Waals surface area contributed by atoms with E-state index in [2.05, 4.69) is 39.7 Å². The van der Waals surface area contributed by atoms with Gasteiger partial charge in [0.2, 0.25) is 5.91 Å². The molecule has 1 aliphatic heterocycles. The Bertz CT molecular complexity index is 835. The maximum atomic E-state index is 12.6. The molecule has 0 radical (unpaired) electrons. The van der Waals surface area contributed by atoms with Gasteiger partial charge in [0.15, 0.2) is 11.6 Å². The van der Waals surface area contributed by atoms with Crippen molar-refractivity contribution >= 4 is 17.5 Å². The first-order valence-electron chi connectivity index (χ1n) is 11.2. The number of carbonyl (C=O) groups excluding carboxylic acids is 1. The van der Waals surface area contributed by atoms with Crippen LogP contribution >= 0.6 is 0 Å². The first-order chi connectivity index (χ1) is 14.7. The molecule has 1 saturated heterocycles.